The zero-order valence-electron chi connectivity index (χ0n) is 25.0. The van der Waals surface area contributed by atoms with Crippen molar-refractivity contribution < 1.29 is 39.5 Å². The number of unbranched alkanes of at least 4 members (excludes halogenated alkanes) is 11. The van der Waals surface area contributed by atoms with E-state index in [1.54, 1.807) is 6.08 Å². The molecule has 238 valence electrons. The van der Waals surface area contributed by atoms with Gasteiger partial charge in [0.15, 0.2) is 6.29 Å². The number of ether oxygens (including phenoxy) is 2. The molecule has 1 aliphatic rings. The van der Waals surface area contributed by atoms with E-state index in [1.807, 2.05) is 30.3 Å². The van der Waals surface area contributed by atoms with Gasteiger partial charge in [0, 0.05) is 12.6 Å². The Labute approximate surface area is 250 Å². The van der Waals surface area contributed by atoms with E-state index in [4.69, 9.17) is 9.47 Å². The number of nitrogens with one attached hydrogen (secondary N) is 2. The van der Waals surface area contributed by atoms with E-state index >= 15 is 0 Å². The molecule has 1 saturated heterocycles. The number of amides is 2. The van der Waals surface area contributed by atoms with Crippen LogP contribution in [-0.2, 0) is 19.1 Å². The van der Waals surface area contributed by atoms with Crippen molar-refractivity contribution in [2.45, 2.75) is 121 Å². The predicted octanol–water partition coefficient (Wildman–Crippen LogP) is 2.82. The zero-order chi connectivity index (χ0) is 30.6. The molecule has 42 heavy (non-hydrogen) atoms. The van der Waals surface area contributed by atoms with Crippen molar-refractivity contribution in [1.82, 2.24) is 10.6 Å². The molecule has 0 spiro atoms. The van der Waals surface area contributed by atoms with E-state index in [1.165, 1.54) is 63.9 Å². The Bertz CT molecular complexity index is 898. The molecule has 1 aromatic rings. The van der Waals surface area contributed by atoms with Gasteiger partial charge < -0.3 is 40.5 Å². The Morgan fingerprint density at radius 1 is 0.881 bits per heavy atom. The van der Waals surface area contributed by atoms with Crippen LogP contribution in [0.1, 0.15) is 89.5 Å². The molecule has 0 saturated carbocycles. The summed E-state index contributed by atoms with van der Waals surface area (Å²) in [6, 6.07) is 8.12. The minimum absolute atomic E-state index is 0.363. The minimum Gasteiger partial charge on any atom is -0.394 e. The third-order valence-electron chi connectivity index (χ3n) is 7.46. The number of hydrogen-bond donors (Lipinski definition) is 6. The second-order valence-electron chi connectivity index (χ2n) is 11.0. The number of aliphatic hydroxyl groups excluding tert-OH is 4. The van der Waals surface area contributed by atoms with Gasteiger partial charge in [-0.05, 0) is 18.1 Å². The zero-order valence-corrected chi connectivity index (χ0v) is 25.0. The average molecular weight is 593 g/mol. The van der Waals surface area contributed by atoms with Crippen LogP contribution >= 0.6 is 0 Å². The van der Waals surface area contributed by atoms with Crippen molar-refractivity contribution in [2.75, 3.05) is 19.8 Å². The molecule has 0 unspecified atom stereocenters. The van der Waals surface area contributed by atoms with Crippen LogP contribution in [0.5, 0.6) is 0 Å². The third-order valence-corrected chi connectivity index (χ3v) is 7.46. The standard InChI is InChI=1S/C32H52N2O8/c1-2-3-4-5-6-7-8-9-10-11-12-16-21-33-31(40)25(34-27(36)20-19-24-17-14-13-15-18-24)23-41-32-30(39)29(38)28(37)26(22-35)42-32/h13-15,17-20,25-26,28-30,32,35,37-39H,2-12,16,21-23H2,1H3,(H,33,40)(H,34,36)/b20-19+/t25-,26+,28-,29-,30+,32-/m0/s1. The maximum Gasteiger partial charge on any atom is 0.245 e. The molecule has 10 nitrogen and oxygen atoms in total. The Hall–Kier alpha value is -2.34. The normalized spacial score (nSPS) is 23.1. The number of carbonyl (C=O) groups excluding carboxylic acids is 2. The minimum atomic E-state index is -1.61. The van der Waals surface area contributed by atoms with Gasteiger partial charge in [0.2, 0.25) is 11.8 Å². The van der Waals surface area contributed by atoms with Gasteiger partial charge in [-0.2, -0.15) is 0 Å². The summed E-state index contributed by atoms with van der Waals surface area (Å²) in [5.41, 5.74) is 0.818. The summed E-state index contributed by atoms with van der Waals surface area (Å²) in [5, 5.41) is 45.1. The van der Waals surface area contributed by atoms with Crippen LogP contribution in [0.25, 0.3) is 6.08 Å². The first kappa shape index (κ1) is 35.9. The summed E-state index contributed by atoms with van der Waals surface area (Å²) in [6.07, 6.45) is 10.2. The van der Waals surface area contributed by atoms with Crippen LogP contribution < -0.4 is 10.6 Å². The molecule has 2 amide bonds. The van der Waals surface area contributed by atoms with Crippen molar-refractivity contribution in [3.05, 3.63) is 42.0 Å². The molecule has 1 heterocycles. The third kappa shape index (κ3) is 13.8. The first-order valence-electron chi connectivity index (χ1n) is 15.6. The second-order valence-corrected chi connectivity index (χ2v) is 11.0. The predicted molar refractivity (Wildman–Crippen MR) is 161 cm³/mol. The largest absolute Gasteiger partial charge is 0.394 e. The van der Waals surface area contributed by atoms with Crippen LogP contribution in [0.3, 0.4) is 0 Å². The summed E-state index contributed by atoms with van der Waals surface area (Å²) >= 11 is 0. The molecule has 10 heteroatoms. The SMILES string of the molecule is CCCCCCCCCCCCCCNC(=O)[C@H](CO[C@H]1O[C@H](CO)[C@H](O)[C@H](O)[C@H]1O)NC(=O)/C=C/c1ccccc1. The molecule has 1 aromatic carbocycles. The smallest absolute Gasteiger partial charge is 0.245 e. The maximum atomic E-state index is 13.0. The fourth-order valence-electron chi connectivity index (χ4n) is 4.84. The van der Waals surface area contributed by atoms with Crippen LogP contribution in [0.15, 0.2) is 36.4 Å². The fourth-order valence-corrected chi connectivity index (χ4v) is 4.84. The molecule has 0 bridgehead atoms. The highest BCUT2D eigenvalue weighted by Crippen LogP contribution is 2.22. The number of rotatable bonds is 21. The van der Waals surface area contributed by atoms with Crippen molar-refractivity contribution in [2.24, 2.45) is 0 Å². The van der Waals surface area contributed by atoms with Gasteiger partial charge in [0.1, 0.15) is 30.5 Å². The number of hydrogen-bond acceptors (Lipinski definition) is 8. The Kier molecular flexibility index (Phi) is 18.2. The Morgan fingerprint density at radius 2 is 1.48 bits per heavy atom. The van der Waals surface area contributed by atoms with Gasteiger partial charge in [-0.25, -0.2) is 0 Å². The first-order chi connectivity index (χ1) is 20.4. The van der Waals surface area contributed by atoms with Gasteiger partial charge in [-0.3, -0.25) is 9.59 Å². The van der Waals surface area contributed by atoms with Gasteiger partial charge in [0.25, 0.3) is 0 Å². The van der Waals surface area contributed by atoms with E-state index in [0.717, 1.165) is 24.8 Å². The van der Waals surface area contributed by atoms with Crippen LogP contribution in [0.2, 0.25) is 0 Å². The number of aliphatic hydroxyl groups is 4. The van der Waals surface area contributed by atoms with E-state index in [-0.39, 0.29) is 6.61 Å². The van der Waals surface area contributed by atoms with E-state index in [0.29, 0.717) is 6.54 Å². The summed E-state index contributed by atoms with van der Waals surface area (Å²) < 4.78 is 10.9. The molecule has 1 aliphatic heterocycles. The Morgan fingerprint density at radius 3 is 2.07 bits per heavy atom. The highest BCUT2D eigenvalue weighted by atomic mass is 16.7. The summed E-state index contributed by atoms with van der Waals surface area (Å²) in [7, 11) is 0. The van der Waals surface area contributed by atoms with Gasteiger partial charge in [-0.1, -0.05) is 108 Å². The maximum absolute atomic E-state index is 13.0. The molecule has 0 aromatic heterocycles. The second kappa shape index (κ2) is 21.4. The monoisotopic (exact) mass is 592 g/mol. The summed E-state index contributed by atoms with van der Waals surface area (Å²) in [6.45, 7) is 1.71. The highest BCUT2D eigenvalue weighted by Gasteiger charge is 2.44. The molecular weight excluding hydrogens is 540 g/mol. The lowest BCUT2D eigenvalue weighted by Gasteiger charge is -2.39. The van der Waals surface area contributed by atoms with Crippen LogP contribution in [0.4, 0.5) is 0 Å². The molecule has 6 N–H and O–H groups in total. The highest BCUT2D eigenvalue weighted by molar-refractivity contribution is 5.95. The van der Waals surface area contributed by atoms with Crippen molar-refractivity contribution in [3.8, 4) is 0 Å². The van der Waals surface area contributed by atoms with Crippen molar-refractivity contribution in [1.29, 1.82) is 0 Å². The van der Waals surface area contributed by atoms with E-state index in [2.05, 4.69) is 17.6 Å². The van der Waals surface area contributed by atoms with E-state index < -0.39 is 55.2 Å². The molecule has 0 radical (unpaired) electrons. The van der Waals surface area contributed by atoms with Crippen LogP contribution in [-0.4, -0.2) is 88.7 Å². The summed E-state index contributed by atoms with van der Waals surface area (Å²) in [5.74, 6) is -0.967. The topological polar surface area (TPSA) is 158 Å². The van der Waals surface area contributed by atoms with Gasteiger partial charge in [-0.15, -0.1) is 0 Å². The Balaban J connectivity index is 1.79. The fraction of sp³-hybridized carbons (Fsp3) is 0.688. The molecular formula is C32H52N2O8. The first-order valence-corrected chi connectivity index (χ1v) is 15.6. The molecule has 1 fully saturated rings. The lowest BCUT2D eigenvalue weighted by molar-refractivity contribution is -0.301. The quantitative estimate of drug-likeness (QED) is 0.0940. The van der Waals surface area contributed by atoms with Crippen LogP contribution in [0, 0.1) is 0 Å². The molecule has 6 atom stereocenters. The van der Waals surface area contributed by atoms with E-state index in [9.17, 15) is 30.0 Å². The number of benzene rings is 1. The van der Waals surface area contributed by atoms with Gasteiger partial charge >= 0.3 is 0 Å². The summed E-state index contributed by atoms with van der Waals surface area (Å²) in [4.78, 5) is 25.6. The lowest BCUT2D eigenvalue weighted by atomic mass is 9.99. The number of carbonyl (C=O) groups is 2. The average Bonchev–Trinajstić information content (AvgIpc) is 3.00. The van der Waals surface area contributed by atoms with Crippen molar-refractivity contribution in [3.63, 3.8) is 0 Å². The molecule has 0 aliphatic carbocycles. The van der Waals surface area contributed by atoms with Gasteiger partial charge in [0.05, 0.1) is 13.2 Å². The van der Waals surface area contributed by atoms with Crippen molar-refractivity contribution >= 4 is 17.9 Å². The lowest BCUT2D eigenvalue weighted by Crippen LogP contribution is -2.60. The molecule has 2 rings (SSSR count).